The van der Waals surface area contributed by atoms with E-state index in [9.17, 15) is 9.59 Å². The van der Waals surface area contributed by atoms with Gasteiger partial charge in [-0.1, -0.05) is 0 Å². The highest BCUT2D eigenvalue weighted by atomic mass is 32.1. The lowest BCUT2D eigenvalue weighted by Gasteiger charge is -2.02. The second-order valence-corrected chi connectivity index (χ2v) is 5.36. The minimum absolute atomic E-state index is 0.256. The molecule has 0 aliphatic heterocycles. The van der Waals surface area contributed by atoms with Crippen LogP contribution in [0, 0.1) is 25.2 Å². The van der Waals surface area contributed by atoms with Crippen LogP contribution >= 0.6 is 11.3 Å². The number of nitrogens with one attached hydrogen (secondary N) is 1. The molecule has 6 heteroatoms. The lowest BCUT2D eigenvalue weighted by Crippen LogP contribution is -2.34. The van der Waals surface area contributed by atoms with Gasteiger partial charge in [-0.2, -0.15) is 5.26 Å². The SMILES string of the molecule is Cc1sc2[nH]c(=O)n(CCCC#N)c(=O)c2c1C. The van der Waals surface area contributed by atoms with Crippen LogP contribution in [-0.4, -0.2) is 9.55 Å². The molecule has 0 amide bonds. The molecule has 2 heterocycles. The van der Waals surface area contributed by atoms with Gasteiger partial charge in [-0.15, -0.1) is 11.3 Å². The standard InChI is InChI=1S/C12H13N3O2S/c1-7-8(2)18-10-9(7)11(16)15(12(17)14-10)6-4-3-5-13/h3-4,6H2,1-2H3,(H,14,17). The number of thiophene rings is 1. The summed E-state index contributed by atoms with van der Waals surface area (Å²) in [6, 6.07) is 2.00. The van der Waals surface area contributed by atoms with Crippen molar-refractivity contribution in [2.75, 3.05) is 0 Å². The maximum absolute atomic E-state index is 12.2. The molecule has 0 spiro atoms. The van der Waals surface area contributed by atoms with Crippen LogP contribution in [0.5, 0.6) is 0 Å². The number of hydrogen-bond donors (Lipinski definition) is 1. The predicted octanol–water partition coefficient (Wildman–Crippen LogP) is 1.67. The van der Waals surface area contributed by atoms with Gasteiger partial charge in [0, 0.05) is 17.8 Å². The van der Waals surface area contributed by atoms with E-state index in [-0.39, 0.29) is 12.1 Å². The van der Waals surface area contributed by atoms with Gasteiger partial charge in [0.2, 0.25) is 0 Å². The zero-order chi connectivity index (χ0) is 13.3. The Bertz CT molecular complexity index is 745. The summed E-state index contributed by atoms with van der Waals surface area (Å²) >= 11 is 1.42. The normalized spacial score (nSPS) is 10.7. The van der Waals surface area contributed by atoms with Crippen LogP contribution in [0.15, 0.2) is 9.59 Å². The highest BCUT2D eigenvalue weighted by molar-refractivity contribution is 7.18. The van der Waals surface area contributed by atoms with Crippen LogP contribution in [0.3, 0.4) is 0 Å². The highest BCUT2D eigenvalue weighted by Crippen LogP contribution is 2.24. The van der Waals surface area contributed by atoms with Gasteiger partial charge in [-0.25, -0.2) is 4.79 Å². The Labute approximate surface area is 107 Å². The molecule has 5 nitrogen and oxygen atoms in total. The summed E-state index contributed by atoms with van der Waals surface area (Å²) in [5.74, 6) is 0. The molecule has 0 bridgehead atoms. The van der Waals surface area contributed by atoms with Crippen molar-refractivity contribution in [3.05, 3.63) is 31.3 Å². The molecule has 0 unspecified atom stereocenters. The summed E-state index contributed by atoms with van der Waals surface area (Å²) in [6.45, 7) is 4.09. The van der Waals surface area contributed by atoms with Gasteiger partial charge >= 0.3 is 5.69 Å². The van der Waals surface area contributed by atoms with E-state index in [2.05, 4.69) is 4.98 Å². The maximum Gasteiger partial charge on any atom is 0.329 e. The molecule has 0 saturated heterocycles. The van der Waals surface area contributed by atoms with Crippen molar-refractivity contribution in [3.8, 4) is 6.07 Å². The van der Waals surface area contributed by atoms with E-state index in [1.54, 1.807) is 0 Å². The van der Waals surface area contributed by atoms with Gasteiger partial charge in [0.05, 0.1) is 11.5 Å². The van der Waals surface area contributed by atoms with Gasteiger partial charge in [0.15, 0.2) is 0 Å². The number of fused-ring (bicyclic) bond motifs is 1. The van der Waals surface area contributed by atoms with E-state index in [0.717, 1.165) is 10.4 Å². The minimum atomic E-state index is -0.397. The molecule has 0 fully saturated rings. The molecular formula is C12H13N3O2S. The molecular weight excluding hydrogens is 250 g/mol. The van der Waals surface area contributed by atoms with Crippen molar-refractivity contribution < 1.29 is 0 Å². The van der Waals surface area contributed by atoms with Crippen molar-refractivity contribution in [2.45, 2.75) is 33.2 Å². The fourth-order valence-corrected chi connectivity index (χ4v) is 2.93. The van der Waals surface area contributed by atoms with Gasteiger partial charge in [0.25, 0.3) is 5.56 Å². The third kappa shape index (κ3) is 1.97. The van der Waals surface area contributed by atoms with Crippen LogP contribution < -0.4 is 11.2 Å². The van der Waals surface area contributed by atoms with Crippen LogP contribution in [0.2, 0.25) is 0 Å². The largest absolute Gasteiger partial charge is 0.329 e. The molecule has 0 aliphatic rings. The van der Waals surface area contributed by atoms with E-state index in [0.29, 0.717) is 23.1 Å². The van der Waals surface area contributed by atoms with Crippen molar-refractivity contribution >= 4 is 21.6 Å². The number of H-pyrrole nitrogens is 1. The lowest BCUT2D eigenvalue weighted by molar-refractivity contribution is 0.605. The fourth-order valence-electron chi connectivity index (χ4n) is 1.88. The maximum atomic E-state index is 12.2. The Balaban J connectivity index is 2.61. The van der Waals surface area contributed by atoms with Gasteiger partial charge in [0.1, 0.15) is 4.83 Å². The number of aromatic nitrogens is 2. The van der Waals surface area contributed by atoms with Crippen LogP contribution in [0.1, 0.15) is 23.3 Å². The van der Waals surface area contributed by atoms with Crippen LogP contribution in [0.25, 0.3) is 10.2 Å². The molecule has 0 atom stereocenters. The summed E-state index contributed by atoms with van der Waals surface area (Å²) in [6.07, 6.45) is 0.846. The fraction of sp³-hybridized carbons (Fsp3) is 0.417. The molecule has 0 aliphatic carbocycles. The van der Waals surface area contributed by atoms with Crippen molar-refractivity contribution in [2.24, 2.45) is 0 Å². The van der Waals surface area contributed by atoms with E-state index in [1.807, 2.05) is 19.9 Å². The topological polar surface area (TPSA) is 78.7 Å². The Morgan fingerprint density at radius 2 is 2.11 bits per heavy atom. The van der Waals surface area contributed by atoms with Crippen molar-refractivity contribution in [3.63, 3.8) is 0 Å². The average Bonchev–Trinajstić information content (AvgIpc) is 2.59. The molecule has 94 valence electrons. The average molecular weight is 263 g/mol. The summed E-state index contributed by atoms with van der Waals surface area (Å²) in [5.41, 5.74) is 0.269. The molecule has 2 aromatic heterocycles. The number of nitrogens with zero attached hydrogens (tertiary/aromatic N) is 2. The smallest absolute Gasteiger partial charge is 0.298 e. The van der Waals surface area contributed by atoms with Gasteiger partial charge in [-0.3, -0.25) is 14.3 Å². The Morgan fingerprint density at radius 1 is 1.39 bits per heavy atom. The molecule has 2 rings (SSSR count). The first-order chi connectivity index (χ1) is 8.56. The zero-order valence-corrected chi connectivity index (χ0v) is 11.1. The third-order valence-electron chi connectivity index (χ3n) is 2.98. The predicted molar refractivity (Wildman–Crippen MR) is 71.0 cm³/mol. The van der Waals surface area contributed by atoms with Gasteiger partial charge < -0.3 is 0 Å². The minimum Gasteiger partial charge on any atom is -0.298 e. The summed E-state index contributed by atoms with van der Waals surface area (Å²) < 4.78 is 1.18. The number of hydrogen-bond acceptors (Lipinski definition) is 4. The molecule has 0 aromatic carbocycles. The van der Waals surface area contributed by atoms with Gasteiger partial charge in [-0.05, 0) is 25.8 Å². The first kappa shape index (κ1) is 12.6. The monoisotopic (exact) mass is 263 g/mol. The first-order valence-electron chi connectivity index (χ1n) is 5.66. The number of unbranched alkanes of at least 4 members (excludes halogenated alkanes) is 1. The number of rotatable bonds is 3. The quantitative estimate of drug-likeness (QED) is 0.855. The molecule has 18 heavy (non-hydrogen) atoms. The molecule has 0 saturated carbocycles. The second-order valence-electron chi connectivity index (χ2n) is 4.14. The zero-order valence-electron chi connectivity index (χ0n) is 10.2. The second kappa shape index (κ2) is 4.78. The van der Waals surface area contributed by atoms with E-state index >= 15 is 0 Å². The lowest BCUT2D eigenvalue weighted by atomic mass is 10.2. The molecule has 0 radical (unpaired) electrons. The number of aryl methyl sites for hydroxylation is 2. The van der Waals surface area contributed by atoms with Crippen molar-refractivity contribution in [1.82, 2.24) is 9.55 Å². The molecule has 1 N–H and O–H groups in total. The summed E-state index contributed by atoms with van der Waals surface area (Å²) in [7, 11) is 0. The Morgan fingerprint density at radius 3 is 2.78 bits per heavy atom. The third-order valence-corrected chi connectivity index (χ3v) is 4.10. The van der Waals surface area contributed by atoms with Crippen LogP contribution in [0.4, 0.5) is 0 Å². The number of nitriles is 1. The van der Waals surface area contributed by atoms with Crippen LogP contribution in [-0.2, 0) is 6.54 Å². The first-order valence-corrected chi connectivity index (χ1v) is 6.47. The van der Waals surface area contributed by atoms with E-state index in [4.69, 9.17) is 5.26 Å². The van der Waals surface area contributed by atoms with E-state index < -0.39 is 5.69 Å². The summed E-state index contributed by atoms with van der Waals surface area (Å²) in [4.78, 5) is 28.4. The number of aromatic amines is 1. The Hall–Kier alpha value is -1.87. The summed E-state index contributed by atoms with van der Waals surface area (Å²) in [5, 5.41) is 9.07. The van der Waals surface area contributed by atoms with Crippen molar-refractivity contribution in [1.29, 1.82) is 5.26 Å². The van der Waals surface area contributed by atoms with E-state index in [1.165, 1.54) is 15.9 Å². The Kier molecular flexibility index (Phi) is 3.34. The highest BCUT2D eigenvalue weighted by Gasteiger charge is 2.13. The molecule has 2 aromatic rings.